The third-order valence-corrected chi connectivity index (χ3v) is 4.21. The second-order valence-corrected chi connectivity index (χ2v) is 6.49. The highest BCUT2D eigenvalue weighted by Gasteiger charge is 2.18. The Kier molecular flexibility index (Phi) is 6.06. The van der Waals surface area contributed by atoms with Gasteiger partial charge < -0.3 is 10.1 Å². The molecule has 0 fully saturated rings. The van der Waals surface area contributed by atoms with Crippen molar-refractivity contribution in [1.29, 1.82) is 0 Å². The van der Waals surface area contributed by atoms with E-state index in [1.54, 1.807) is 48.5 Å². The number of nitrogens with one attached hydrogen (secondary N) is 1. The van der Waals surface area contributed by atoms with E-state index < -0.39 is 18.5 Å². The standard InChI is InChI=1S/C20H18ClN3O4/c1-2-11-24-19(26)16-6-4-3-5-15(16)18(23-24)20(27)28-12-17(25)22-14-9-7-13(21)8-10-14/h3-10H,2,11-12H2,1H3,(H,22,25). The molecule has 0 atom stereocenters. The average Bonchev–Trinajstić information content (AvgIpc) is 2.70. The van der Waals surface area contributed by atoms with Crippen LogP contribution in [0.3, 0.4) is 0 Å². The number of fused-ring (bicyclic) bond motifs is 1. The Morgan fingerprint density at radius 3 is 2.46 bits per heavy atom. The van der Waals surface area contributed by atoms with Gasteiger partial charge in [-0.25, -0.2) is 9.48 Å². The summed E-state index contributed by atoms with van der Waals surface area (Å²) in [4.78, 5) is 37.0. The molecular weight excluding hydrogens is 382 g/mol. The number of ether oxygens (including phenoxy) is 1. The van der Waals surface area contributed by atoms with Gasteiger partial charge in [-0.2, -0.15) is 5.10 Å². The Morgan fingerprint density at radius 2 is 1.79 bits per heavy atom. The van der Waals surface area contributed by atoms with E-state index in [4.69, 9.17) is 16.3 Å². The van der Waals surface area contributed by atoms with Crippen molar-refractivity contribution in [2.45, 2.75) is 19.9 Å². The number of hydrogen-bond donors (Lipinski definition) is 1. The summed E-state index contributed by atoms with van der Waals surface area (Å²) in [5.74, 6) is -1.27. The molecule has 3 rings (SSSR count). The molecule has 0 unspecified atom stereocenters. The molecule has 144 valence electrons. The van der Waals surface area contributed by atoms with Gasteiger partial charge in [0.1, 0.15) is 0 Å². The summed E-state index contributed by atoms with van der Waals surface area (Å²) in [7, 11) is 0. The van der Waals surface area contributed by atoms with Crippen LogP contribution >= 0.6 is 11.6 Å². The molecule has 1 heterocycles. The van der Waals surface area contributed by atoms with Gasteiger partial charge in [0.05, 0.1) is 5.39 Å². The average molecular weight is 400 g/mol. The molecule has 1 N–H and O–H groups in total. The van der Waals surface area contributed by atoms with Crippen LogP contribution in [-0.2, 0) is 16.1 Å². The number of nitrogens with zero attached hydrogens (tertiary/aromatic N) is 2. The van der Waals surface area contributed by atoms with Crippen molar-refractivity contribution in [1.82, 2.24) is 9.78 Å². The van der Waals surface area contributed by atoms with Gasteiger partial charge in [0.15, 0.2) is 12.3 Å². The number of esters is 1. The van der Waals surface area contributed by atoms with Crippen molar-refractivity contribution in [3.8, 4) is 0 Å². The Balaban J connectivity index is 1.77. The first-order valence-electron chi connectivity index (χ1n) is 8.72. The van der Waals surface area contributed by atoms with Crippen LogP contribution in [0.5, 0.6) is 0 Å². The Morgan fingerprint density at radius 1 is 1.11 bits per heavy atom. The monoisotopic (exact) mass is 399 g/mol. The highest BCUT2D eigenvalue weighted by Crippen LogP contribution is 2.15. The van der Waals surface area contributed by atoms with E-state index in [2.05, 4.69) is 10.4 Å². The third-order valence-electron chi connectivity index (χ3n) is 3.96. The van der Waals surface area contributed by atoms with E-state index in [1.807, 2.05) is 6.92 Å². The van der Waals surface area contributed by atoms with E-state index in [1.165, 1.54) is 4.68 Å². The van der Waals surface area contributed by atoms with Gasteiger partial charge in [-0.15, -0.1) is 0 Å². The van der Waals surface area contributed by atoms with Crippen LogP contribution in [0.15, 0.2) is 53.3 Å². The molecule has 0 saturated carbocycles. The molecule has 0 aliphatic carbocycles. The molecule has 3 aromatic rings. The first kappa shape index (κ1) is 19.6. The summed E-state index contributed by atoms with van der Waals surface area (Å²) in [6, 6.07) is 13.2. The van der Waals surface area contributed by atoms with Crippen LogP contribution in [0.4, 0.5) is 5.69 Å². The largest absolute Gasteiger partial charge is 0.451 e. The van der Waals surface area contributed by atoms with Crippen LogP contribution in [0.2, 0.25) is 5.02 Å². The Hall–Kier alpha value is -3.19. The number of anilines is 1. The summed E-state index contributed by atoms with van der Waals surface area (Å²) in [5, 5.41) is 8.06. The fourth-order valence-electron chi connectivity index (χ4n) is 2.68. The number of hydrogen-bond acceptors (Lipinski definition) is 5. The van der Waals surface area contributed by atoms with Gasteiger partial charge in [-0.3, -0.25) is 9.59 Å². The van der Waals surface area contributed by atoms with Gasteiger partial charge in [-0.05, 0) is 36.8 Å². The van der Waals surface area contributed by atoms with Gasteiger partial charge in [-0.1, -0.05) is 36.7 Å². The van der Waals surface area contributed by atoms with Crippen LogP contribution < -0.4 is 10.9 Å². The quantitative estimate of drug-likeness (QED) is 0.642. The van der Waals surface area contributed by atoms with Crippen molar-refractivity contribution in [3.63, 3.8) is 0 Å². The van der Waals surface area contributed by atoms with Crippen LogP contribution in [0, 0.1) is 0 Å². The normalized spacial score (nSPS) is 10.6. The predicted octanol–water partition coefficient (Wildman–Crippen LogP) is 3.26. The number of rotatable bonds is 6. The smallest absolute Gasteiger partial charge is 0.359 e. The predicted molar refractivity (Wildman–Crippen MR) is 107 cm³/mol. The van der Waals surface area contributed by atoms with Crippen molar-refractivity contribution in [2.24, 2.45) is 0 Å². The SMILES string of the molecule is CCCn1nc(C(=O)OCC(=O)Nc2ccc(Cl)cc2)c2ccccc2c1=O. The lowest BCUT2D eigenvalue weighted by Crippen LogP contribution is -2.27. The van der Waals surface area contributed by atoms with E-state index in [-0.39, 0.29) is 11.3 Å². The molecule has 7 nitrogen and oxygen atoms in total. The Labute approximate surface area is 165 Å². The van der Waals surface area contributed by atoms with Gasteiger partial charge in [0.2, 0.25) is 0 Å². The number of benzene rings is 2. The number of carbonyl (C=O) groups excluding carboxylic acids is 2. The van der Waals surface area contributed by atoms with Crippen molar-refractivity contribution in [2.75, 3.05) is 11.9 Å². The number of carbonyl (C=O) groups is 2. The maximum Gasteiger partial charge on any atom is 0.359 e. The summed E-state index contributed by atoms with van der Waals surface area (Å²) in [5.41, 5.74) is 0.267. The molecule has 2 aromatic carbocycles. The van der Waals surface area contributed by atoms with Crippen LogP contribution in [0.1, 0.15) is 23.8 Å². The van der Waals surface area contributed by atoms with Gasteiger partial charge in [0.25, 0.3) is 11.5 Å². The van der Waals surface area contributed by atoms with E-state index in [9.17, 15) is 14.4 Å². The second kappa shape index (κ2) is 8.67. The maximum absolute atomic E-state index is 12.5. The molecular formula is C20H18ClN3O4. The molecule has 1 aromatic heterocycles. The van der Waals surface area contributed by atoms with Crippen LogP contribution in [0.25, 0.3) is 10.8 Å². The molecule has 8 heteroatoms. The Bertz CT molecular complexity index is 1080. The molecule has 0 aliphatic heterocycles. The topological polar surface area (TPSA) is 90.3 Å². The number of aromatic nitrogens is 2. The number of halogens is 1. The summed E-state index contributed by atoms with van der Waals surface area (Å²) in [6.07, 6.45) is 0.684. The fraction of sp³-hybridized carbons (Fsp3) is 0.200. The minimum absolute atomic E-state index is 0.00272. The molecule has 28 heavy (non-hydrogen) atoms. The molecule has 0 spiro atoms. The third kappa shape index (κ3) is 4.37. The fourth-order valence-corrected chi connectivity index (χ4v) is 2.81. The molecule has 0 aliphatic rings. The number of amides is 1. The summed E-state index contributed by atoms with van der Waals surface area (Å²) < 4.78 is 6.35. The van der Waals surface area contributed by atoms with Gasteiger partial charge in [0, 0.05) is 22.6 Å². The molecule has 0 saturated heterocycles. The van der Waals surface area contributed by atoms with Crippen molar-refractivity contribution >= 4 is 39.9 Å². The molecule has 1 amide bonds. The minimum Gasteiger partial charge on any atom is -0.451 e. The zero-order valence-electron chi connectivity index (χ0n) is 15.1. The lowest BCUT2D eigenvalue weighted by molar-refractivity contribution is -0.119. The first-order chi connectivity index (χ1) is 13.5. The lowest BCUT2D eigenvalue weighted by Gasteiger charge is -2.10. The first-order valence-corrected chi connectivity index (χ1v) is 9.09. The zero-order valence-corrected chi connectivity index (χ0v) is 15.9. The summed E-state index contributed by atoms with van der Waals surface area (Å²) >= 11 is 5.80. The van der Waals surface area contributed by atoms with E-state index in [0.717, 1.165) is 0 Å². The van der Waals surface area contributed by atoms with Crippen molar-refractivity contribution < 1.29 is 14.3 Å². The highest BCUT2D eigenvalue weighted by molar-refractivity contribution is 6.30. The number of aryl methyl sites for hydroxylation is 1. The van der Waals surface area contributed by atoms with E-state index >= 15 is 0 Å². The minimum atomic E-state index is -0.771. The van der Waals surface area contributed by atoms with Crippen molar-refractivity contribution in [3.05, 3.63) is 69.6 Å². The zero-order chi connectivity index (χ0) is 20.1. The second-order valence-electron chi connectivity index (χ2n) is 6.05. The lowest BCUT2D eigenvalue weighted by atomic mass is 10.1. The molecule has 0 bridgehead atoms. The van der Waals surface area contributed by atoms with Gasteiger partial charge >= 0.3 is 5.97 Å². The van der Waals surface area contributed by atoms with E-state index in [0.29, 0.717) is 34.4 Å². The maximum atomic E-state index is 12.5. The summed E-state index contributed by atoms with van der Waals surface area (Å²) in [6.45, 7) is 1.80. The highest BCUT2D eigenvalue weighted by atomic mass is 35.5. The molecule has 0 radical (unpaired) electrons. The van der Waals surface area contributed by atoms with Crippen LogP contribution in [-0.4, -0.2) is 28.3 Å².